The first-order valence-electron chi connectivity index (χ1n) is 7.26. The number of halogens is 1. The molecule has 2 unspecified atom stereocenters. The number of carboxylic acids is 1. The highest BCUT2D eigenvalue weighted by Gasteiger charge is 2.33. The lowest BCUT2D eigenvalue weighted by molar-refractivity contribution is -0.143. The summed E-state index contributed by atoms with van der Waals surface area (Å²) >= 11 is 6.05. The van der Waals surface area contributed by atoms with Crippen molar-refractivity contribution in [1.82, 2.24) is 9.88 Å². The van der Waals surface area contributed by atoms with Gasteiger partial charge in [-0.3, -0.25) is 9.59 Å². The summed E-state index contributed by atoms with van der Waals surface area (Å²) in [6.45, 7) is 4.38. The summed E-state index contributed by atoms with van der Waals surface area (Å²) in [7, 11) is 0. The molecule has 1 saturated heterocycles. The van der Waals surface area contributed by atoms with Gasteiger partial charge in [0.2, 0.25) is 5.88 Å². The van der Waals surface area contributed by atoms with E-state index in [4.69, 9.17) is 21.4 Å². The Labute approximate surface area is 134 Å². The summed E-state index contributed by atoms with van der Waals surface area (Å²) in [5.41, 5.74) is 0.339. The van der Waals surface area contributed by atoms with Gasteiger partial charge in [0.1, 0.15) is 5.02 Å². The van der Waals surface area contributed by atoms with Gasteiger partial charge in [0.25, 0.3) is 5.91 Å². The minimum atomic E-state index is -0.868. The Hall–Kier alpha value is -1.82. The predicted octanol–water partition coefficient (Wildman–Crippen LogP) is 2.46. The van der Waals surface area contributed by atoms with Gasteiger partial charge in [0.15, 0.2) is 0 Å². The highest BCUT2D eigenvalue weighted by atomic mass is 35.5. The summed E-state index contributed by atoms with van der Waals surface area (Å²) in [4.78, 5) is 29.4. The second-order valence-electron chi connectivity index (χ2n) is 5.36. The molecule has 0 aromatic carbocycles. The molecule has 1 aliphatic rings. The number of carboxylic acid groups (broad SMARTS) is 1. The first-order chi connectivity index (χ1) is 10.4. The van der Waals surface area contributed by atoms with Crippen LogP contribution in [0.3, 0.4) is 0 Å². The molecule has 0 bridgehead atoms. The van der Waals surface area contributed by atoms with Crippen LogP contribution < -0.4 is 4.74 Å². The van der Waals surface area contributed by atoms with E-state index >= 15 is 0 Å². The van der Waals surface area contributed by atoms with E-state index in [1.54, 1.807) is 4.90 Å². The average molecular weight is 327 g/mol. The SMILES string of the molecule is CCOc1ncc(C(=O)N2CC(C(=O)O)CCC2C)cc1Cl. The number of aromatic nitrogens is 1. The second-order valence-corrected chi connectivity index (χ2v) is 5.77. The van der Waals surface area contributed by atoms with E-state index in [9.17, 15) is 9.59 Å². The van der Waals surface area contributed by atoms with Gasteiger partial charge >= 0.3 is 5.97 Å². The van der Waals surface area contributed by atoms with Crippen LogP contribution in [0.4, 0.5) is 0 Å². The number of pyridine rings is 1. The number of carbonyl (C=O) groups is 2. The fraction of sp³-hybridized carbons (Fsp3) is 0.533. The van der Waals surface area contributed by atoms with Crippen molar-refractivity contribution < 1.29 is 19.4 Å². The average Bonchev–Trinajstić information content (AvgIpc) is 2.49. The lowest BCUT2D eigenvalue weighted by Gasteiger charge is -2.36. The Balaban J connectivity index is 2.19. The van der Waals surface area contributed by atoms with Gasteiger partial charge in [0.05, 0.1) is 18.1 Å². The molecule has 1 aliphatic heterocycles. The molecule has 1 amide bonds. The highest BCUT2D eigenvalue weighted by molar-refractivity contribution is 6.32. The zero-order valence-electron chi connectivity index (χ0n) is 12.6. The van der Waals surface area contributed by atoms with E-state index in [1.807, 2.05) is 13.8 Å². The van der Waals surface area contributed by atoms with Crippen molar-refractivity contribution in [3.05, 3.63) is 22.8 Å². The van der Waals surface area contributed by atoms with E-state index in [0.29, 0.717) is 25.0 Å². The summed E-state index contributed by atoms with van der Waals surface area (Å²) in [6.07, 6.45) is 2.67. The van der Waals surface area contributed by atoms with Crippen LogP contribution >= 0.6 is 11.6 Å². The number of likely N-dealkylation sites (tertiary alicyclic amines) is 1. The van der Waals surface area contributed by atoms with Crippen LogP contribution in [0.15, 0.2) is 12.3 Å². The van der Waals surface area contributed by atoms with E-state index in [2.05, 4.69) is 4.98 Å². The van der Waals surface area contributed by atoms with Crippen molar-refractivity contribution in [3.63, 3.8) is 0 Å². The number of ether oxygens (including phenoxy) is 1. The summed E-state index contributed by atoms with van der Waals surface area (Å²) in [5, 5.41) is 9.42. The molecular weight excluding hydrogens is 308 g/mol. The number of carbonyl (C=O) groups excluding carboxylic acids is 1. The Bertz CT molecular complexity index is 579. The number of amides is 1. The number of rotatable bonds is 4. The van der Waals surface area contributed by atoms with Crippen LogP contribution in [0.1, 0.15) is 37.0 Å². The lowest BCUT2D eigenvalue weighted by atomic mass is 9.93. The zero-order chi connectivity index (χ0) is 16.3. The van der Waals surface area contributed by atoms with Crippen molar-refractivity contribution in [2.45, 2.75) is 32.7 Å². The first kappa shape index (κ1) is 16.5. The third-order valence-electron chi connectivity index (χ3n) is 3.83. The maximum absolute atomic E-state index is 12.6. The smallest absolute Gasteiger partial charge is 0.308 e. The Kier molecular flexibility index (Phi) is 5.24. The van der Waals surface area contributed by atoms with Gasteiger partial charge in [-0.25, -0.2) is 4.98 Å². The molecule has 2 atom stereocenters. The van der Waals surface area contributed by atoms with Gasteiger partial charge in [-0.2, -0.15) is 0 Å². The monoisotopic (exact) mass is 326 g/mol. The molecule has 120 valence electrons. The Morgan fingerprint density at radius 2 is 2.23 bits per heavy atom. The number of nitrogens with zero attached hydrogens (tertiary/aromatic N) is 2. The fourth-order valence-corrected chi connectivity index (χ4v) is 2.76. The van der Waals surface area contributed by atoms with Crippen LogP contribution in [0.2, 0.25) is 5.02 Å². The number of aliphatic carboxylic acids is 1. The fourth-order valence-electron chi connectivity index (χ4n) is 2.54. The number of hydrogen-bond donors (Lipinski definition) is 1. The van der Waals surface area contributed by atoms with Gasteiger partial charge < -0.3 is 14.7 Å². The molecule has 0 radical (unpaired) electrons. The number of hydrogen-bond acceptors (Lipinski definition) is 4. The van der Waals surface area contributed by atoms with Gasteiger partial charge in [-0.15, -0.1) is 0 Å². The molecule has 0 aliphatic carbocycles. The van der Waals surface area contributed by atoms with Crippen LogP contribution in [0, 0.1) is 5.92 Å². The van der Waals surface area contributed by atoms with Gasteiger partial charge in [-0.05, 0) is 32.8 Å². The van der Waals surface area contributed by atoms with E-state index in [-0.39, 0.29) is 29.4 Å². The normalized spacial score (nSPS) is 21.5. The third kappa shape index (κ3) is 3.50. The maximum atomic E-state index is 12.6. The molecule has 6 nitrogen and oxygen atoms in total. The first-order valence-corrected chi connectivity index (χ1v) is 7.64. The van der Waals surface area contributed by atoms with Crippen LogP contribution in [-0.4, -0.2) is 46.1 Å². The van der Waals surface area contributed by atoms with E-state index in [1.165, 1.54) is 12.3 Å². The minimum absolute atomic E-state index is 0.00607. The molecule has 22 heavy (non-hydrogen) atoms. The third-order valence-corrected chi connectivity index (χ3v) is 4.10. The van der Waals surface area contributed by atoms with Crippen molar-refractivity contribution >= 4 is 23.5 Å². The molecule has 7 heteroatoms. The summed E-state index contributed by atoms with van der Waals surface area (Å²) in [5.74, 6) is -1.36. The molecule has 1 fully saturated rings. The van der Waals surface area contributed by atoms with Gasteiger partial charge in [0, 0.05) is 18.8 Å². The lowest BCUT2D eigenvalue weighted by Crippen LogP contribution is -2.47. The highest BCUT2D eigenvalue weighted by Crippen LogP contribution is 2.26. The molecule has 0 saturated carbocycles. The minimum Gasteiger partial charge on any atom is -0.481 e. The van der Waals surface area contributed by atoms with Crippen LogP contribution in [0.25, 0.3) is 0 Å². The molecule has 1 N–H and O–H groups in total. The predicted molar refractivity (Wildman–Crippen MR) is 81.3 cm³/mol. The summed E-state index contributed by atoms with van der Waals surface area (Å²) < 4.78 is 5.24. The Morgan fingerprint density at radius 3 is 2.82 bits per heavy atom. The molecule has 1 aromatic rings. The molecule has 2 rings (SSSR count). The van der Waals surface area contributed by atoms with E-state index < -0.39 is 11.9 Å². The van der Waals surface area contributed by atoms with Crippen LogP contribution in [-0.2, 0) is 4.79 Å². The van der Waals surface area contributed by atoms with E-state index in [0.717, 1.165) is 0 Å². The topological polar surface area (TPSA) is 79.7 Å². The maximum Gasteiger partial charge on any atom is 0.308 e. The molecule has 0 spiro atoms. The van der Waals surface area contributed by atoms with Gasteiger partial charge in [-0.1, -0.05) is 11.6 Å². The van der Waals surface area contributed by atoms with Crippen molar-refractivity contribution in [3.8, 4) is 5.88 Å². The Morgan fingerprint density at radius 1 is 1.50 bits per heavy atom. The van der Waals surface area contributed by atoms with Crippen molar-refractivity contribution in [1.29, 1.82) is 0 Å². The van der Waals surface area contributed by atoms with Crippen molar-refractivity contribution in [2.75, 3.05) is 13.2 Å². The second kappa shape index (κ2) is 6.96. The quantitative estimate of drug-likeness (QED) is 0.919. The summed E-state index contributed by atoms with van der Waals surface area (Å²) in [6, 6.07) is 1.51. The molecule has 2 heterocycles. The zero-order valence-corrected chi connectivity index (χ0v) is 13.3. The van der Waals surface area contributed by atoms with Crippen molar-refractivity contribution in [2.24, 2.45) is 5.92 Å². The standard InChI is InChI=1S/C15H19ClN2O4/c1-3-22-13-12(16)6-11(7-17-13)14(19)18-8-10(15(20)21)5-4-9(18)2/h6-7,9-10H,3-5,8H2,1-2H3,(H,20,21). The largest absolute Gasteiger partial charge is 0.481 e. The van der Waals surface area contributed by atoms with Crippen LogP contribution in [0.5, 0.6) is 5.88 Å². The molecule has 1 aromatic heterocycles. The molecular formula is C15H19ClN2O4. The number of piperidine rings is 1.